The Hall–Kier alpha value is -0.490. The van der Waals surface area contributed by atoms with Crippen LogP contribution in [0, 0.1) is 5.41 Å². The Morgan fingerprint density at radius 3 is 2.47 bits per heavy atom. The monoisotopic (exact) mass is 322 g/mol. The normalized spacial score (nSPS) is 17.4. The summed E-state index contributed by atoms with van der Waals surface area (Å²) in [6.45, 7) is 2.48. The standard InChI is InChI=1S/C12H16Cl2N2O2S/c1-2-12(3-4-12)7-16-19(17,18)11-9(14)5-8(13)6-10(11)15/h5-6,16H,2-4,7,15H2,1H3. The van der Waals surface area contributed by atoms with Crippen molar-refractivity contribution in [3.8, 4) is 0 Å². The third-order valence-corrected chi connectivity index (χ3v) is 5.80. The second-order valence-corrected chi connectivity index (χ2v) is 7.53. The zero-order valence-electron chi connectivity index (χ0n) is 10.5. The number of hydrogen-bond acceptors (Lipinski definition) is 3. The van der Waals surface area contributed by atoms with E-state index in [1.165, 1.54) is 12.1 Å². The molecule has 1 fully saturated rings. The fraction of sp³-hybridized carbons (Fsp3) is 0.500. The number of rotatable bonds is 5. The predicted molar refractivity (Wildman–Crippen MR) is 78.0 cm³/mol. The van der Waals surface area contributed by atoms with Gasteiger partial charge < -0.3 is 5.73 Å². The molecule has 0 aromatic heterocycles. The predicted octanol–water partition coefficient (Wildman–Crippen LogP) is 3.04. The van der Waals surface area contributed by atoms with Crippen LogP contribution in [0.4, 0.5) is 5.69 Å². The lowest BCUT2D eigenvalue weighted by atomic mass is 10.1. The van der Waals surface area contributed by atoms with E-state index in [1.54, 1.807) is 0 Å². The molecule has 0 bridgehead atoms. The van der Waals surface area contributed by atoms with Gasteiger partial charge in [0.2, 0.25) is 10.0 Å². The summed E-state index contributed by atoms with van der Waals surface area (Å²) in [5.74, 6) is 0. The van der Waals surface area contributed by atoms with Crippen LogP contribution < -0.4 is 10.5 Å². The molecular formula is C12H16Cl2N2O2S. The van der Waals surface area contributed by atoms with Gasteiger partial charge >= 0.3 is 0 Å². The Morgan fingerprint density at radius 2 is 2.00 bits per heavy atom. The molecule has 0 heterocycles. The Balaban J connectivity index is 2.25. The molecule has 1 aliphatic carbocycles. The van der Waals surface area contributed by atoms with Gasteiger partial charge in [0.25, 0.3) is 0 Å². The van der Waals surface area contributed by atoms with Crippen molar-refractivity contribution in [3.05, 3.63) is 22.2 Å². The van der Waals surface area contributed by atoms with Gasteiger partial charge in [-0.15, -0.1) is 0 Å². The molecule has 1 aromatic rings. The first-order chi connectivity index (χ1) is 8.80. The number of nitrogen functional groups attached to an aromatic ring is 1. The number of hydrogen-bond donors (Lipinski definition) is 2. The van der Waals surface area contributed by atoms with E-state index in [1.807, 2.05) is 0 Å². The molecule has 3 N–H and O–H groups in total. The van der Waals surface area contributed by atoms with E-state index in [0.29, 0.717) is 11.6 Å². The summed E-state index contributed by atoms with van der Waals surface area (Å²) in [6.07, 6.45) is 3.06. The number of nitrogens with one attached hydrogen (secondary N) is 1. The van der Waals surface area contributed by atoms with Gasteiger partial charge in [-0.2, -0.15) is 0 Å². The minimum Gasteiger partial charge on any atom is -0.398 e. The van der Waals surface area contributed by atoms with Crippen LogP contribution in [0.1, 0.15) is 26.2 Å². The maximum atomic E-state index is 12.3. The van der Waals surface area contributed by atoms with E-state index in [0.717, 1.165) is 19.3 Å². The van der Waals surface area contributed by atoms with Crippen LogP contribution in [0.2, 0.25) is 10.0 Å². The highest BCUT2D eigenvalue weighted by Gasteiger charge is 2.41. The topological polar surface area (TPSA) is 72.2 Å². The van der Waals surface area contributed by atoms with Crippen molar-refractivity contribution in [1.82, 2.24) is 4.72 Å². The molecule has 0 aliphatic heterocycles. The zero-order chi connectivity index (χ0) is 14.3. The summed E-state index contributed by atoms with van der Waals surface area (Å²) >= 11 is 11.7. The molecule has 0 radical (unpaired) electrons. The van der Waals surface area contributed by atoms with E-state index in [9.17, 15) is 8.42 Å². The lowest BCUT2D eigenvalue weighted by Crippen LogP contribution is -2.30. The Kier molecular flexibility index (Phi) is 4.02. The molecule has 0 atom stereocenters. The maximum Gasteiger partial charge on any atom is 0.244 e. The van der Waals surface area contributed by atoms with E-state index in [4.69, 9.17) is 28.9 Å². The van der Waals surface area contributed by atoms with Gasteiger partial charge in [-0.1, -0.05) is 30.1 Å². The number of sulfonamides is 1. The molecule has 0 unspecified atom stereocenters. The average Bonchev–Trinajstić information content (AvgIpc) is 3.05. The maximum absolute atomic E-state index is 12.3. The van der Waals surface area contributed by atoms with Gasteiger partial charge in [-0.25, -0.2) is 13.1 Å². The first-order valence-electron chi connectivity index (χ1n) is 6.04. The lowest BCUT2D eigenvalue weighted by molar-refractivity contribution is 0.476. The first kappa shape index (κ1) is 14.9. The minimum atomic E-state index is -3.71. The highest BCUT2D eigenvalue weighted by Crippen LogP contribution is 2.48. The van der Waals surface area contributed by atoms with Gasteiger partial charge in [0.15, 0.2) is 0 Å². The Bertz CT molecular complexity index is 575. The van der Waals surface area contributed by atoms with Gasteiger partial charge in [0.05, 0.1) is 10.7 Å². The smallest absolute Gasteiger partial charge is 0.244 e. The third kappa shape index (κ3) is 3.16. The van der Waals surface area contributed by atoms with E-state index in [2.05, 4.69) is 11.6 Å². The van der Waals surface area contributed by atoms with Crippen molar-refractivity contribution in [2.24, 2.45) is 5.41 Å². The molecule has 7 heteroatoms. The molecule has 4 nitrogen and oxygen atoms in total. The van der Waals surface area contributed by atoms with Crippen LogP contribution in [-0.2, 0) is 10.0 Å². The van der Waals surface area contributed by atoms with Gasteiger partial charge in [-0.05, 0) is 36.8 Å². The van der Waals surface area contributed by atoms with E-state index in [-0.39, 0.29) is 21.0 Å². The molecule has 0 saturated heterocycles. The molecular weight excluding hydrogens is 307 g/mol. The molecule has 0 spiro atoms. The molecule has 1 aromatic carbocycles. The fourth-order valence-corrected chi connectivity index (χ4v) is 4.16. The van der Waals surface area contributed by atoms with E-state index < -0.39 is 10.0 Å². The van der Waals surface area contributed by atoms with Crippen molar-refractivity contribution in [3.63, 3.8) is 0 Å². The molecule has 0 amide bonds. The highest BCUT2D eigenvalue weighted by molar-refractivity contribution is 7.89. The number of benzene rings is 1. The summed E-state index contributed by atoms with van der Waals surface area (Å²) in [5, 5.41) is 0.354. The molecule has 2 rings (SSSR count). The van der Waals surface area contributed by atoms with Crippen LogP contribution in [0.25, 0.3) is 0 Å². The summed E-state index contributed by atoms with van der Waals surface area (Å²) in [5.41, 5.74) is 5.88. The van der Waals surface area contributed by atoms with Crippen molar-refractivity contribution in [2.45, 2.75) is 31.1 Å². The minimum absolute atomic E-state index is 0.0406. The quantitative estimate of drug-likeness (QED) is 0.818. The van der Waals surface area contributed by atoms with E-state index >= 15 is 0 Å². The largest absolute Gasteiger partial charge is 0.398 e. The van der Waals surface area contributed by atoms with Gasteiger partial charge in [0.1, 0.15) is 4.90 Å². The summed E-state index contributed by atoms with van der Waals surface area (Å²) in [7, 11) is -3.71. The van der Waals surface area contributed by atoms with Crippen molar-refractivity contribution < 1.29 is 8.42 Å². The van der Waals surface area contributed by atoms with Crippen molar-refractivity contribution in [1.29, 1.82) is 0 Å². The number of halogens is 2. The lowest BCUT2D eigenvalue weighted by Gasteiger charge is -2.15. The Morgan fingerprint density at radius 1 is 1.37 bits per heavy atom. The zero-order valence-corrected chi connectivity index (χ0v) is 12.9. The van der Waals surface area contributed by atoms with Gasteiger partial charge in [-0.3, -0.25) is 0 Å². The van der Waals surface area contributed by atoms with Crippen molar-refractivity contribution in [2.75, 3.05) is 12.3 Å². The molecule has 106 valence electrons. The Labute approximate surface area is 123 Å². The molecule has 19 heavy (non-hydrogen) atoms. The number of anilines is 1. The van der Waals surface area contributed by atoms with Crippen LogP contribution >= 0.6 is 23.2 Å². The van der Waals surface area contributed by atoms with Crippen LogP contribution in [-0.4, -0.2) is 15.0 Å². The second-order valence-electron chi connectivity index (χ2n) is 4.98. The first-order valence-corrected chi connectivity index (χ1v) is 8.28. The summed E-state index contributed by atoms with van der Waals surface area (Å²) in [6, 6.07) is 2.76. The average molecular weight is 323 g/mol. The van der Waals surface area contributed by atoms with Gasteiger partial charge in [0, 0.05) is 11.6 Å². The van der Waals surface area contributed by atoms with Crippen LogP contribution in [0.15, 0.2) is 17.0 Å². The van der Waals surface area contributed by atoms with Crippen molar-refractivity contribution >= 4 is 38.9 Å². The summed E-state index contributed by atoms with van der Waals surface area (Å²) < 4.78 is 27.1. The van der Waals surface area contributed by atoms with Crippen LogP contribution in [0.3, 0.4) is 0 Å². The molecule has 1 saturated carbocycles. The highest BCUT2D eigenvalue weighted by atomic mass is 35.5. The SMILES string of the molecule is CCC1(CNS(=O)(=O)c2c(N)cc(Cl)cc2Cl)CC1. The third-order valence-electron chi connectivity index (χ3n) is 3.65. The fourth-order valence-electron chi connectivity index (χ4n) is 2.02. The second kappa shape index (κ2) is 5.13. The van der Waals surface area contributed by atoms with Crippen LogP contribution in [0.5, 0.6) is 0 Å². The molecule has 1 aliphatic rings. The summed E-state index contributed by atoms with van der Waals surface area (Å²) in [4.78, 5) is -0.0922. The number of nitrogens with two attached hydrogens (primary N) is 1.